The summed E-state index contributed by atoms with van der Waals surface area (Å²) in [5.41, 5.74) is 4.80. The molecular formula is C20H17N2O4+. The fourth-order valence-corrected chi connectivity index (χ4v) is 4.01. The number of quaternary nitrogens is 1. The lowest BCUT2D eigenvalue weighted by Gasteiger charge is -2.15. The minimum atomic E-state index is 0.170. The first-order chi connectivity index (χ1) is 12.9. The van der Waals surface area contributed by atoms with Crippen LogP contribution in [0.15, 0.2) is 48.7 Å². The third-order valence-electron chi connectivity index (χ3n) is 5.26. The summed E-state index contributed by atoms with van der Waals surface area (Å²) >= 11 is 0. The lowest BCUT2D eigenvalue weighted by atomic mass is 10.0. The second-order valence-electron chi connectivity index (χ2n) is 6.67. The van der Waals surface area contributed by atoms with Gasteiger partial charge in [-0.3, -0.25) is 0 Å². The molecule has 3 aromatic rings. The average molecular weight is 349 g/mol. The van der Waals surface area contributed by atoms with Crippen molar-refractivity contribution in [2.75, 3.05) is 13.6 Å². The Morgan fingerprint density at radius 2 is 1.62 bits per heavy atom. The van der Waals surface area contributed by atoms with Crippen molar-refractivity contribution in [3.63, 3.8) is 0 Å². The number of nitrogens with zero attached hydrogens (tertiary/aromatic N) is 1. The van der Waals surface area contributed by atoms with E-state index in [0.29, 0.717) is 13.6 Å². The molecule has 0 bridgehead atoms. The summed E-state index contributed by atoms with van der Waals surface area (Å²) in [5.74, 6) is 3.26. The highest BCUT2D eigenvalue weighted by Gasteiger charge is 2.29. The van der Waals surface area contributed by atoms with E-state index in [-0.39, 0.29) is 6.04 Å². The van der Waals surface area contributed by atoms with Gasteiger partial charge >= 0.3 is 0 Å². The van der Waals surface area contributed by atoms with Gasteiger partial charge in [-0.2, -0.15) is 0 Å². The molecule has 2 aromatic carbocycles. The molecule has 0 aliphatic carbocycles. The maximum Gasteiger partial charge on any atom is 0.231 e. The maximum atomic E-state index is 5.58. The van der Waals surface area contributed by atoms with E-state index < -0.39 is 0 Å². The highest BCUT2D eigenvalue weighted by Crippen LogP contribution is 2.39. The zero-order valence-corrected chi connectivity index (χ0v) is 14.0. The predicted molar refractivity (Wildman–Crippen MR) is 91.9 cm³/mol. The van der Waals surface area contributed by atoms with E-state index in [1.807, 2.05) is 6.07 Å². The van der Waals surface area contributed by atoms with E-state index in [2.05, 4.69) is 52.5 Å². The van der Waals surface area contributed by atoms with Gasteiger partial charge in [0.2, 0.25) is 13.6 Å². The lowest BCUT2D eigenvalue weighted by Crippen LogP contribution is -2.83. The van der Waals surface area contributed by atoms with Crippen LogP contribution >= 0.6 is 0 Å². The summed E-state index contributed by atoms with van der Waals surface area (Å²) in [5, 5.41) is 2.34. The van der Waals surface area contributed by atoms with Gasteiger partial charge in [-0.05, 0) is 36.4 Å². The monoisotopic (exact) mass is 349 g/mol. The zero-order chi connectivity index (χ0) is 17.1. The van der Waals surface area contributed by atoms with Gasteiger partial charge in [0.1, 0.15) is 6.54 Å². The Hall–Kier alpha value is -3.12. The van der Waals surface area contributed by atoms with Crippen molar-refractivity contribution in [3.05, 3.63) is 65.5 Å². The normalized spacial score (nSPS) is 19.0. The molecule has 0 amide bonds. The van der Waals surface area contributed by atoms with E-state index in [1.165, 1.54) is 16.8 Å². The number of hydrogen-bond acceptors (Lipinski definition) is 4. The van der Waals surface area contributed by atoms with Gasteiger partial charge in [0.15, 0.2) is 29.0 Å². The lowest BCUT2D eigenvalue weighted by molar-refractivity contribution is -0.702. The van der Waals surface area contributed by atoms with Crippen LogP contribution in [0.2, 0.25) is 0 Å². The highest BCUT2D eigenvalue weighted by atomic mass is 16.7. The first-order valence-corrected chi connectivity index (χ1v) is 8.70. The van der Waals surface area contributed by atoms with Crippen LogP contribution in [0.4, 0.5) is 0 Å². The van der Waals surface area contributed by atoms with E-state index in [9.17, 15) is 0 Å². The van der Waals surface area contributed by atoms with Crippen LogP contribution in [0.25, 0.3) is 5.69 Å². The Morgan fingerprint density at radius 1 is 0.846 bits per heavy atom. The molecule has 4 heterocycles. The van der Waals surface area contributed by atoms with Gasteiger partial charge in [0.05, 0.1) is 11.4 Å². The molecule has 6 nitrogen and oxygen atoms in total. The smallest absolute Gasteiger partial charge is 0.231 e. The number of benzene rings is 2. The molecule has 0 saturated heterocycles. The zero-order valence-electron chi connectivity index (χ0n) is 14.0. The predicted octanol–water partition coefficient (Wildman–Crippen LogP) is 2.10. The number of aromatic nitrogens is 1. The van der Waals surface area contributed by atoms with Crippen molar-refractivity contribution in [2.45, 2.75) is 12.6 Å². The summed E-state index contributed by atoms with van der Waals surface area (Å²) in [6.07, 6.45) is 2.11. The number of ether oxygens (including phenoxy) is 4. The molecular weight excluding hydrogens is 332 g/mol. The Bertz CT molecular complexity index is 1030. The van der Waals surface area contributed by atoms with Gasteiger partial charge in [0.25, 0.3) is 0 Å². The van der Waals surface area contributed by atoms with Crippen molar-refractivity contribution < 1.29 is 24.3 Å². The number of nitrogens with two attached hydrogens (primary N) is 1. The van der Waals surface area contributed by atoms with E-state index in [4.69, 9.17) is 18.9 Å². The summed E-state index contributed by atoms with van der Waals surface area (Å²) in [4.78, 5) is 0. The van der Waals surface area contributed by atoms with Crippen molar-refractivity contribution in [2.24, 2.45) is 0 Å². The minimum absolute atomic E-state index is 0.170. The highest BCUT2D eigenvalue weighted by molar-refractivity contribution is 5.57. The summed E-state index contributed by atoms with van der Waals surface area (Å²) < 4.78 is 24.4. The van der Waals surface area contributed by atoms with E-state index in [0.717, 1.165) is 35.2 Å². The van der Waals surface area contributed by atoms with Crippen molar-refractivity contribution in [1.82, 2.24) is 4.57 Å². The largest absolute Gasteiger partial charge is 0.454 e. The molecule has 0 unspecified atom stereocenters. The maximum absolute atomic E-state index is 5.58. The molecule has 130 valence electrons. The molecule has 0 spiro atoms. The molecule has 3 aliphatic rings. The van der Waals surface area contributed by atoms with Crippen LogP contribution in [-0.4, -0.2) is 18.2 Å². The second kappa shape index (κ2) is 5.19. The summed E-state index contributed by atoms with van der Waals surface area (Å²) in [6.45, 7) is 1.44. The Balaban J connectivity index is 1.48. The fourth-order valence-electron chi connectivity index (χ4n) is 4.01. The van der Waals surface area contributed by atoms with Crippen LogP contribution in [0.3, 0.4) is 0 Å². The number of hydrogen-bond donors (Lipinski definition) is 1. The van der Waals surface area contributed by atoms with Crippen molar-refractivity contribution >= 4 is 0 Å². The molecule has 6 heteroatoms. The molecule has 0 fully saturated rings. The Morgan fingerprint density at radius 3 is 2.50 bits per heavy atom. The molecule has 1 aromatic heterocycles. The molecule has 2 N–H and O–H groups in total. The fraction of sp³-hybridized carbons (Fsp3) is 0.200. The first kappa shape index (κ1) is 14.1. The van der Waals surface area contributed by atoms with Gasteiger partial charge in [-0.25, -0.2) is 0 Å². The van der Waals surface area contributed by atoms with E-state index >= 15 is 0 Å². The second-order valence-corrected chi connectivity index (χ2v) is 6.67. The quantitative estimate of drug-likeness (QED) is 0.731. The molecule has 1 atom stereocenters. The van der Waals surface area contributed by atoms with Gasteiger partial charge in [-0.1, -0.05) is 0 Å². The van der Waals surface area contributed by atoms with Gasteiger partial charge in [-0.15, -0.1) is 0 Å². The van der Waals surface area contributed by atoms with Crippen LogP contribution in [0, 0.1) is 0 Å². The van der Waals surface area contributed by atoms with Crippen LogP contribution < -0.4 is 24.3 Å². The molecule has 0 saturated carbocycles. The van der Waals surface area contributed by atoms with E-state index in [1.54, 1.807) is 0 Å². The molecule has 6 rings (SSSR count). The Kier molecular flexibility index (Phi) is 2.81. The average Bonchev–Trinajstić information content (AvgIpc) is 3.39. The van der Waals surface area contributed by atoms with Crippen LogP contribution in [-0.2, 0) is 6.54 Å². The molecule has 26 heavy (non-hydrogen) atoms. The minimum Gasteiger partial charge on any atom is -0.454 e. The Labute approximate surface area is 149 Å². The third-order valence-corrected chi connectivity index (χ3v) is 5.26. The molecule has 0 radical (unpaired) electrons. The topological polar surface area (TPSA) is 58.5 Å². The van der Waals surface area contributed by atoms with Gasteiger partial charge < -0.3 is 28.8 Å². The van der Waals surface area contributed by atoms with Crippen molar-refractivity contribution in [3.8, 4) is 28.7 Å². The molecule has 3 aliphatic heterocycles. The van der Waals surface area contributed by atoms with Gasteiger partial charge in [0, 0.05) is 23.4 Å². The van der Waals surface area contributed by atoms with Crippen LogP contribution in [0.1, 0.15) is 22.9 Å². The number of rotatable bonds is 1. The third kappa shape index (κ3) is 1.96. The summed E-state index contributed by atoms with van der Waals surface area (Å²) in [6, 6.07) is 14.8. The SMILES string of the molecule is c1cc2n(c1)-c1cc3c(cc1C[NH2+][C@@H]2c1ccc2c(c1)OCO2)OCO3. The number of fused-ring (bicyclic) bond motifs is 5. The summed E-state index contributed by atoms with van der Waals surface area (Å²) in [7, 11) is 0. The van der Waals surface area contributed by atoms with Crippen LogP contribution in [0.5, 0.6) is 23.0 Å². The first-order valence-electron chi connectivity index (χ1n) is 8.70. The van der Waals surface area contributed by atoms with Crippen molar-refractivity contribution in [1.29, 1.82) is 0 Å². The standard InChI is InChI=1S/C20H16N2O4/c1-2-14-20(12-3-4-16-17(6-12)24-10-23-16)21-9-13-7-18-19(26-11-25-18)8-15(13)22(14)5-1/h1-8,20-21H,9-11H2/p+1/t20-/m1/s1.